The van der Waals surface area contributed by atoms with Crippen molar-refractivity contribution in [2.24, 2.45) is 5.73 Å². The van der Waals surface area contributed by atoms with Gasteiger partial charge in [-0.3, -0.25) is 0 Å². The van der Waals surface area contributed by atoms with Gasteiger partial charge in [0.1, 0.15) is 5.75 Å². The second kappa shape index (κ2) is 9.28. The molecule has 1 aromatic carbocycles. The molecule has 0 atom stereocenters. The minimum Gasteiger partial charge on any atom is -0.461 e. The average Bonchev–Trinajstić information content (AvgIpc) is 3.04. The molecule has 2 rings (SSSR count). The van der Waals surface area contributed by atoms with Gasteiger partial charge >= 0.3 is 12.6 Å². The number of carbonyl (C=O) groups excluding carboxylic acids is 1. The number of rotatable bonds is 9. The summed E-state index contributed by atoms with van der Waals surface area (Å²) in [7, 11) is 0. The number of aromatic nitrogens is 1. The third kappa shape index (κ3) is 5.64. The molecule has 25 heavy (non-hydrogen) atoms. The zero-order valence-electron chi connectivity index (χ0n) is 13.7. The van der Waals surface area contributed by atoms with E-state index in [9.17, 15) is 13.6 Å². The predicted octanol–water partition coefficient (Wildman–Crippen LogP) is 2.89. The Morgan fingerprint density at radius 3 is 2.92 bits per heavy atom. The van der Waals surface area contributed by atoms with Crippen LogP contribution < -0.4 is 15.4 Å². The summed E-state index contributed by atoms with van der Waals surface area (Å²) in [4.78, 5) is 17.9. The maximum absolute atomic E-state index is 12.3. The second-order valence-corrected chi connectivity index (χ2v) is 5.81. The molecule has 2 N–H and O–H groups in total. The summed E-state index contributed by atoms with van der Waals surface area (Å²) >= 11 is 1.29. The third-order valence-corrected chi connectivity index (χ3v) is 4.04. The first kappa shape index (κ1) is 19.1. The van der Waals surface area contributed by atoms with E-state index in [-0.39, 0.29) is 18.1 Å². The van der Waals surface area contributed by atoms with Crippen molar-refractivity contribution in [3.63, 3.8) is 0 Å². The van der Waals surface area contributed by atoms with Crippen LogP contribution in [0.4, 0.5) is 13.9 Å². The molecule has 1 aromatic heterocycles. The van der Waals surface area contributed by atoms with Gasteiger partial charge in [-0.25, -0.2) is 9.78 Å². The van der Waals surface area contributed by atoms with Gasteiger partial charge in [-0.2, -0.15) is 8.78 Å². The number of ether oxygens (including phenoxy) is 2. The number of benzene rings is 1. The van der Waals surface area contributed by atoms with E-state index in [1.165, 1.54) is 23.5 Å². The molecule has 0 amide bonds. The van der Waals surface area contributed by atoms with Crippen LogP contribution in [0.3, 0.4) is 0 Å². The van der Waals surface area contributed by atoms with Crippen molar-refractivity contribution in [2.75, 3.05) is 24.6 Å². The zero-order valence-corrected chi connectivity index (χ0v) is 14.5. The normalized spacial score (nSPS) is 10.8. The molecule has 0 aliphatic heterocycles. The molecule has 0 saturated heterocycles. The molecular formula is C16H19F2N3O3S. The van der Waals surface area contributed by atoms with Gasteiger partial charge in [-0.1, -0.05) is 12.1 Å². The van der Waals surface area contributed by atoms with Crippen LogP contribution in [0.25, 0.3) is 0 Å². The highest BCUT2D eigenvalue weighted by Gasteiger charge is 2.16. The molecule has 2 aromatic rings. The van der Waals surface area contributed by atoms with E-state index < -0.39 is 12.6 Å². The third-order valence-electron chi connectivity index (χ3n) is 3.14. The fraction of sp³-hybridized carbons (Fsp3) is 0.375. The van der Waals surface area contributed by atoms with E-state index in [1.54, 1.807) is 24.4 Å². The van der Waals surface area contributed by atoms with Gasteiger partial charge in [0, 0.05) is 25.0 Å². The van der Waals surface area contributed by atoms with E-state index >= 15 is 0 Å². The van der Waals surface area contributed by atoms with Gasteiger partial charge in [-0.05, 0) is 24.6 Å². The Labute approximate surface area is 148 Å². The van der Waals surface area contributed by atoms with Gasteiger partial charge in [0.2, 0.25) is 0 Å². The van der Waals surface area contributed by atoms with Crippen molar-refractivity contribution >= 4 is 22.4 Å². The highest BCUT2D eigenvalue weighted by Crippen LogP contribution is 2.24. The van der Waals surface area contributed by atoms with E-state index in [1.807, 2.05) is 4.90 Å². The molecule has 0 aliphatic carbocycles. The Morgan fingerprint density at radius 1 is 1.44 bits per heavy atom. The van der Waals surface area contributed by atoms with Gasteiger partial charge in [-0.15, -0.1) is 11.3 Å². The molecule has 0 spiro atoms. The molecule has 0 saturated carbocycles. The van der Waals surface area contributed by atoms with Crippen molar-refractivity contribution in [1.29, 1.82) is 0 Å². The molecule has 6 nitrogen and oxygen atoms in total. The summed E-state index contributed by atoms with van der Waals surface area (Å²) in [6.45, 7) is 0.390. The van der Waals surface area contributed by atoms with Crippen LogP contribution in [-0.4, -0.2) is 37.3 Å². The van der Waals surface area contributed by atoms with E-state index in [0.717, 1.165) is 5.56 Å². The fourth-order valence-electron chi connectivity index (χ4n) is 2.15. The molecule has 136 valence electrons. The van der Waals surface area contributed by atoms with Crippen molar-refractivity contribution < 1.29 is 23.0 Å². The van der Waals surface area contributed by atoms with Gasteiger partial charge in [0.25, 0.3) is 0 Å². The van der Waals surface area contributed by atoms with E-state index in [4.69, 9.17) is 10.5 Å². The fourth-order valence-corrected chi connectivity index (χ4v) is 2.97. The minimum absolute atomic E-state index is 0.0894. The summed E-state index contributed by atoms with van der Waals surface area (Å²) in [5, 5.41) is 2.22. The number of hydrogen-bond acceptors (Lipinski definition) is 7. The Hall–Kier alpha value is -2.26. The molecule has 0 radical (unpaired) electrons. The summed E-state index contributed by atoms with van der Waals surface area (Å²) in [5.74, 6) is -0.392. The number of esters is 1. The number of nitrogens with two attached hydrogens (primary N) is 1. The standard InChI is InChI=1S/C16H19F2N3O3S/c1-2-23-14(22)13-10-25-16(20-13)21(7-6-19)9-11-4-3-5-12(8-11)24-15(17)18/h3-5,8,10,15H,2,6-7,9,19H2,1H3. The Kier molecular flexibility index (Phi) is 7.08. The number of halogens is 2. The second-order valence-electron chi connectivity index (χ2n) is 4.97. The summed E-state index contributed by atoms with van der Waals surface area (Å²) in [6, 6.07) is 6.43. The van der Waals surface area contributed by atoms with Crippen LogP contribution in [0.15, 0.2) is 29.6 Å². The van der Waals surface area contributed by atoms with Gasteiger partial charge in [0.15, 0.2) is 10.8 Å². The van der Waals surface area contributed by atoms with Crippen LogP contribution in [0, 0.1) is 0 Å². The molecule has 1 heterocycles. The lowest BCUT2D eigenvalue weighted by Gasteiger charge is -2.21. The SMILES string of the molecule is CCOC(=O)c1csc(N(CCN)Cc2cccc(OC(F)F)c2)n1. The molecule has 0 fully saturated rings. The smallest absolute Gasteiger partial charge is 0.387 e. The minimum atomic E-state index is -2.87. The first-order chi connectivity index (χ1) is 12.0. The number of nitrogens with zero attached hydrogens (tertiary/aromatic N) is 2. The first-order valence-corrected chi connectivity index (χ1v) is 8.52. The maximum atomic E-state index is 12.3. The summed E-state index contributed by atoms with van der Waals surface area (Å²) in [5.41, 5.74) is 6.65. The van der Waals surface area contributed by atoms with Crippen LogP contribution in [0.2, 0.25) is 0 Å². The van der Waals surface area contributed by atoms with Gasteiger partial charge < -0.3 is 20.1 Å². The topological polar surface area (TPSA) is 77.7 Å². The monoisotopic (exact) mass is 371 g/mol. The lowest BCUT2D eigenvalue weighted by atomic mass is 10.2. The highest BCUT2D eigenvalue weighted by atomic mass is 32.1. The van der Waals surface area contributed by atoms with Crippen LogP contribution in [0.5, 0.6) is 5.75 Å². The molecule has 0 bridgehead atoms. The molecule has 9 heteroatoms. The largest absolute Gasteiger partial charge is 0.461 e. The lowest BCUT2D eigenvalue weighted by Crippen LogP contribution is -2.29. The number of alkyl halides is 2. The van der Waals surface area contributed by atoms with Crippen molar-refractivity contribution in [3.05, 3.63) is 40.9 Å². The number of carbonyl (C=O) groups is 1. The van der Waals surface area contributed by atoms with Crippen molar-refractivity contribution in [2.45, 2.75) is 20.1 Å². The van der Waals surface area contributed by atoms with Crippen molar-refractivity contribution in [3.8, 4) is 5.75 Å². The quantitative estimate of drug-likeness (QED) is 0.683. The van der Waals surface area contributed by atoms with E-state index in [2.05, 4.69) is 9.72 Å². The predicted molar refractivity (Wildman–Crippen MR) is 91.2 cm³/mol. The van der Waals surface area contributed by atoms with Crippen molar-refractivity contribution in [1.82, 2.24) is 4.98 Å². The number of anilines is 1. The molecule has 0 aliphatic rings. The first-order valence-electron chi connectivity index (χ1n) is 7.65. The number of thiazole rings is 1. The lowest BCUT2D eigenvalue weighted by molar-refractivity contribution is -0.0498. The number of hydrogen-bond donors (Lipinski definition) is 1. The van der Waals surface area contributed by atoms with Crippen LogP contribution in [0.1, 0.15) is 23.0 Å². The zero-order chi connectivity index (χ0) is 18.2. The molecule has 0 unspecified atom stereocenters. The molecular weight excluding hydrogens is 352 g/mol. The van der Waals surface area contributed by atoms with Crippen LogP contribution >= 0.6 is 11.3 Å². The van der Waals surface area contributed by atoms with E-state index in [0.29, 0.717) is 24.8 Å². The Balaban J connectivity index is 2.14. The van der Waals surface area contributed by atoms with Crippen LogP contribution in [-0.2, 0) is 11.3 Å². The van der Waals surface area contributed by atoms with Gasteiger partial charge in [0.05, 0.1) is 6.61 Å². The average molecular weight is 371 g/mol. The Bertz CT molecular complexity index is 697. The Morgan fingerprint density at radius 2 is 2.24 bits per heavy atom. The summed E-state index contributed by atoms with van der Waals surface area (Å²) in [6.07, 6.45) is 0. The summed E-state index contributed by atoms with van der Waals surface area (Å²) < 4.78 is 34.0. The maximum Gasteiger partial charge on any atom is 0.387 e. The highest BCUT2D eigenvalue weighted by molar-refractivity contribution is 7.13.